The number of anilines is 1. The van der Waals surface area contributed by atoms with Crippen LogP contribution in [0.2, 0.25) is 0 Å². The van der Waals surface area contributed by atoms with Crippen molar-refractivity contribution in [2.24, 2.45) is 0 Å². The Balaban J connectivity index is 1.42. The monoisotopic (exact) mass is 378 g/mol. The van der Waals surface area contributed by atoms with Gasteiger partial charge < -0.3 is 20.1 Å². The van der Waals surface area contributed by atoms with Crippen molar-refractivity contribution in [3.63, 3.8) is 0 Å². The van der Waals surface area contributed by atoms with Crippen LogP contribution in [0, 0.1) is 6.92 Å². The van der Waals surface area contributed by atoms with Crippen LogP contribution < -0.4 is 20.1 Å². The second-order valence-electron chi connectivity index (χ2n) is 6.08. The fraction of sp³-hybridized carbons (Fsp3) is 0.190. The average molecular weight is 378 g/mol. The molecule has 144 valence electrons. The van der Waals surface area contributed by atoms with E-state index >= 15 is 0 Å². The van der Waals surface area contributed by atoms with Gasteiger partial charge in [-0.15, -0.1) is 10.2 Å². The summed E-state index contributed by atoms with van der Waals surface area (Å²) in [6.45, 7) is 2.65. The molecule has 2 aromatic carbocycles. The summed E-state index contributed by atoms with van der Waals surface area (Å²) in [6.07, 6.45) is 0. The molecule has 3 rings (SSSR count). The largest absolute Gasteiger partial charge is 0.497 e. The van der Waals surface area contributed by atoms with Crippen LogP contribution in [0.5, 0.6) is 11.6 Å². The Hall–Kier alpha value is -3.61. The van der Waals surface area contributed by atoms with E-state index in [1.165, 1.54) is 5.56 Å². The second-order valence-corrected chi connectivity index (χ2v) is 6.08. The van der Waals surface area contributed by atoms with Gasteiger partial charge in [0.2, 0.25) is 5.88 Å². The summed E-state index contributed by atoms with van der Waals surface area (Å²) < 4.78 is 10.6. The molecule has 0 saturated carbocycles. The zero-order valence-electron chi connectivity index (χ0n) is 15.8. The summed E-state index contributed by atoms with van der Waals surface area (Å²) >= 11 is 0. The topological polar surface area (TPSA) is 85.4 Å². The van der Waals surface area contributed by atoms with E-state index in [1.54, 1.807) is 31.4 Å². The van der Waals surface area contributed by atoms with E-state index < -0.39 is 0 Å². The average Bonchev–Trinajstić information content (AvgIpc) is 2.72. The standard InChI is InChI=1S/C21H22N4O3/c1-15-6-8-16(9-7-15)19-10-11-20(25-24-19)28-13-12-22-21(26)23-17-4-3-5-18(14-17)27-2/h3-11,14H,12-13H2,1-2H3,(H2,22,23,26). The lowest BCUT2D eigenvalue weighted by molar-refractivity contribution is 0.246. The highest BCUT2D eigenvalue weighted by atomic mass is 16.5. The summed E-state index contributed by atoms with van der Waals surface area (Å²) in [5, 5.41) is 13.7. The van der Waals surface area contributed by atoms with E-state index in [2.05, 4.69) is 20.8 Å². The third kappa shape index (κ3) is 5.44. The summed E-state index contributed by atoms with van der Waals surface area (Å²) in [4.78, 5) is 11.9. The van der Waals surface area contributed by atoms with E-state index in [9.17, 15) is 4.79 Å². The summed E-state index contributed by atoms with van der Waals surface area (Å²) in [6, 6.07) is 18.5. The molecule has 0 aliphatic heterocycles. The lowest BCUT2D eigenvalue weighted by Gasteiger charge is -2.09. The molecule has 1 heterocycles. The van der Waals surface area contributed by atoms with Crippen molar-refractivity contribution >= 4 is 11.7 Å². The molecule has 0 radical (unpaired) electrons. The first-order chi connectivity index (χ1) is 13.6. The number of carbonyl (C=O) groups excluding carboxylic acids is 1. The number of hydrogen-bond donors (Lipinski definition) is 2. The number of hydrogen-bond acceptors (Lipinski definition) is 5. The molecular formula is C21H22N4O3. The Morgan fingerprint density at radius 1 is 1.04 bits per heavy atom. The summed E-state index contributed by atoms with van der Waals surface area (Å²) in [5.74, 6) is 1.08. The van der Waals surface area contributed by atoms with Crippen LogP contribution in [0.1, 0.15) is 5.56 Å². The molecule has 28 heavy (non-hydrogen) atoms. The number of rotatable bonds is 7. The van der Waals surface area contributed by atoms with Crippen molar-refractivity contribution < 1.29 is 14.3 Å². The van der Waals surface area contributed by atoms with Crippen LogP contribution in [0.25, 0.3) is 11.3 Å². The van der Waals surface area contributed by atoms with E-state index in [4.69, 9.17) is 9.47 Å². The van der Waals surface area contributed by atoms with Gasteiger partial charge in [-0.25, -0.2) is 4.79 Å². The van der Waals surface area contributed by atoms with Crippen LogP contribution in [0.4, 0.5) is 10.5 Å². The Kier molecular flexibility index (Phi) is 6.41. The van der Waals surface area contributed by atoms with Crippen LogP contribution in [0.15, 0.2) is 60.7 Å². The molecule has 1 aromatic heterocycles. The SMILES string of the molecule is COc1cccc(NC(=O)NCCOc2ccc(-c3ccc(C)cc3)nn2)c1. The molecular weight excluding hydrogens is 356 g/mol. The van der Waals surface area contributed by atoms with Gasteiger partial charge in [-0.2, -0.15) is 0 Å². The molecule has 0 fully saturated rings. The Morgan fingerprint density at radius 3 is 2.57 bits per heavy atom. The van der Waals surface area contributed by atoms with Gasteiger partial charge in [0.1, 0.15) is 12.4 Å². The molecule has 2 N–H and O–H groups in total. The minimum Gasteiger partial charge on any atom is -0.497 e. The van der Waals surface area contributed by atoms with Gasteiger partial charge in [0.25, 0.3) is 0 Å². The van der Waals surface area contributed by atoms with E-state index in [1.807, 2.05) is 43.3 Å². The van der Waals surface area contributed by atoms with Gasteiger partial charge in [-0.1, -0.05) is 35.9 Å². The van der Waals surface area contributed by atoms with Gasteiger partial charge in [0.15, 0.2) is 0 Å². The molecule has 0 unspecified atom stereocenters. The van der Waals surface area contributed by atoms with Gasteiger partial charge in [0.05, 0.1) is 19.3 Å². The quantitative estimate of drug-likeness (QED) is 0.613. The van der Waals surface area contributed by atoms with Crippen molar-refractivity contribution in [1.29, 1.82) is 0 Å². The fourth-order valence-corrected chi connectivity index (χ4v) is 2.47. The Labute approximate surface area is 163 Å². The lowest BCUT2D eigenvalue weighted by atomic mass is 10.1. The van der Waals surface area contributed by atoms with Gasteiger partial charge in [-0.3, -0.25) is 0 Å². The first kappa shape index (κ1) is 19.2. The third-order valence-corrected chi connectivity index (χ3v) is 3.95. The first-order valence-corrected chi connectivity index (χ1v) is 8.86. The zero-order valence-corrected chi connectivity index (χ0v) is 15.8. The zero-order chi connectivity index (χ0) is 19.8. The highest BCUT2D eigenvalue weighted by Crippen LogP contribution is 2.18. The molecule has 0 aliphatic rings. The number of aromatic nitrogens is 2. The van der Waals surface area contributed by atoms with Crippen molar-refractivity contribution in [1.82, 2.24) is 15.5 Å². The smallest absolute Gasteiger partial charge is 0.319 e. The maximum Gasteiger partial charge on any atom is 0.319 e. The molecule has 0 saturated heterocycles. The second kappa shape index (κ2) is 9.36. The number of carbonyl (C=O) groups is 1. The molecule has 7 nitrogen and oxygen atoms in total. The number of nitrogens with zero attached hydrogens (tertiary/aromatic N) is 2. The van der Waals surface area contributed by atoms with Crippen LogP contribution >= 0.6 is 0 Å². The number of nitrogens with one attached hydrogen (secondary N) is 2. The Bertz CT molecular complexity index is 912. The molecule has 7 heteroatoms. The van der Waals surface area contributed by atoms with Gasteiger partial charge >= 0.3 is 6.03 Å². The van der Waals surface area contributed by atoms with E-state index in [0.29, 0.717) is 23.9 Å². The van der Waals surface area contributed by atoms with Crippen LogP contribution in [-0.2, 0) is 0 Å². The molecule has 0 aliphatic carbocycles. The van der Waals surface area contributed by atoms with Gasteiger partial charge in [0, 0.05) is 23.4 Å². The molecule has 0 spiro atoms. The number of ether oxygens (including phenoxy) is 2. The van der Waals surface area contributed by atoms with Crippen molar-refractivity contribution in [3.8, 4) is 22.9 Å². The molecule has 0 atom stereocenters. The predicted molar refractivity (Wildman–Crippen MR) is 108 cm³/mol. The van der Waals surface area contributed by atoms with Gasteiger partial charge in [-0.05, 0) is 25.1 Å². The van der Waals surface area contributed by atoms with E-state index in [-0.39, 0.29) is 12.6 Å². The van der Waals surface area contributed by atoms with Crippen molar-refractivity contribution in [2.45, 2.75) is 6.92 Å². The predicted octanol–water partition coefficient (Wildman–Crippen LogP) is 3.66. The number of benzene rings is 2. The highest BCUT2D eigenvalue weighted by Gasteiger charge is 2.04. The lowest BCUT2D eigenvalue weighted by Crippen LogP contribution is -2.32. The minimum absolute atomic E-state index is 0.282. The third-order valence-electron chi connectivity index (χ3n) is 3.95. The van der Waals surface area contributed by atoms with E-state index in [0.717, 1.165) is 11.3 Å². The minimum atomic E-state index is -0.322. The maximum atomic E-state index is 11.9. The van der Waals surface area contributed by atoms with Crippen LogP contribution in [0.3, 0.4) is 0 Å². The summed E-state index contributed by atoms with van der Waals surface area (Å²) in [5.41, 5.74) is 3.62. The normalized spacial score (nSPS) is 10.2. The molecule has 3 aromatic rings. The number of amides is 2. The summed E-state index contributed by atoms with van der Waals surface area (Å²) in [7, 11) is 1.58. The van der Waals surface area contributed by atoms with Crippen molar-refractivity contribution in [3.05, 3.63) is 66.2 Å². The first-order valence-electron chi connectivity index (χ1n) is 8.86. The molecule has 2 amide bonds. The van der Waals surface area contributed by atoms with Crippen molar-refractivity contribution in [2.75, 3.05) is 25.6 Å². The molecule has 0 bridgehead atoms. The maximum absolute atomic E-state index is 11.9. The highest BCUT2D eigenvalue weighted by molar-refractivity contribution is 5.89. The fourth-order valence-electron chi connectivity index (χ4n) is 2.47. The number of urea groups is 1. The van der Waals surface area contributed by atoms with Crippen LogP contribution in [-0.4, -0.2) is 36.5 Å². The Morgan fingerprint density at radius 2 is 1.86 bits per heavy atom. The number of aryl methyl sites for hydroxylation is 1. The number of methoxy groups -OCH3 is 1.